The Balaban J connectivity index is 1.56. The second-order valence-corrected chi connectivity index (χ2v) is 6.43. The lowest BCUT2D eigenvalue weighted by atomic mass is 10.2. The Labute approximate surface area is 176 Å². The molecule has 1 amide bonds. The molecule has 0 saturated carbocycles. The van der Waals surface area contributed by atoms with Crippen LogP contribution in [0.25, 0.3) is 11.3 Å². The molecule has 0 saturated heterocycles. The monoisotopic (exact) mass is 415 g/mol. The number of pyridine rings is 2. The van der Waals surface area contributed by atoms with Crippen LogP contribution in [-0.4, -0.2) is 25.8 Å². The van der Waals surface area contributed by atoms with E-state index in [2.05, 4.69) is 25.3 Å². The number of anilines is 3. The van der Waals surface area contributed by atoms with Crippen LogP contribution in [0.5, 0.6) is 11.5 Å². The minimum Gasteiger partial charge on any atom is -0.457 e. The highest BCUT2D eigenvalue weighted by Gasteiger charge is 2.08. The summed E-state index contributed by atoms with van der Waals surface area (Å²) in [5, 5.41) is 3.15. The number of nitrogen functional groups attached to an aromatic ring is 1. The highest BCUT2D eigenvalue weighted by molar-refractivity contribution is 5.91. The minimum absolute atomic E-state index is 0.0781. The van der Waals surface area contributed by atoms with Gasteiger partial charge in [0.1, 0.15) is 23.0 Å². The van der Waals surface area contributed by atoms with Crippen molar-refractivity contribution in [1.82, 2.24) is 19.9 Å². The number of primary amides is 1. The van der Waals surface area contributed by atoms with Gasteiger partial charge in [-0.15, -0.1) is 0 Å². The minimum atomic E-state index is -0.638. The van der Waals surface area contributed by atoms with Gasteiger partial charge in [-0.1, -0.05) is 6.07 Å². The van der Waals surface area contributed by atoms with Crippen LogP contribution in [-0.2, 0) is 0 Å². The van der Waals surface area contributed by atoms with Gasteiger partial charge in [-0.2, -0.15) is 4.98 Å². The summed E-state index contributed by atoms with van der Waals surface area (Å²) in [7, 11) is 0. The van der Waals surface area contributed by atoms with Crippen molar-refractivity contribution in [3.63, 3.8) is 0 Å². The molecule has 1 aromatic carbocycles. The van der Waals surface area contributed by atoms with Gasteiger partial charge in [0.15, 0.2) is 0 Å². The van der Waals surface area contributed by atoms with Gasteiger partial charge in [0, 0.05) is 47.9 Å². The number of rotatable bonds is 6. The summed E-state index contributed by atoms with van der Waals surface area (Å²) < 4.78 is 5.80. The number of carbonyl (C=O) groups is 1. The van der Waals surface area contributed by atoms with E-state index in [1.165, 1.54) is 18.3 Å². The van der Waals surface area contributed by atoms with E-state index in [4.69, 9.17) is 16.2 Å². The van der Waals surface area contributed by atoms with Gasteiger partial charge in [-0.3, -0.25) is 14.6 Å². The maximum Gasteiger partial charge on any atom is 0.267 e. The SMILES string of the molecule is NC(=O)c1cc(Oc2cccc(Nc3cc(-c4ccc(=O)[nH]c4)nc(N)n3)c2)ccn1. The molecule has 0 radical (unpaired) electrons. The van der Waals surface area contributed by atoms with Gasteiger partial charge in [0.25, 0.3) is 5.91 Å². The van der Waals surface area contributed by atoms with Crippen molar-refractivity contribution in [3.8, 4) is 22.8 Å². The number of benzene rings is 1. The molecule has 0 aliphatic rings. The van der Waals surface area contributed by atoms with Crippen molar-refractivity contribution in [2.45, 2.75) is 0 Å². The van der Waals surface area contributed by atoms with Crippen molar-refractivity contribution in [2.75, 3.05) is 11.1 Å². The van der Waals surface area contributed by atoms with Crippen LogP contribution in [0.1, 0.15) is 10.5 Å². The molecular weight excluding hydrogens is 398 g/mol. The first-order chi connectivity index (χ1) is 15.0. The fourth-order valence-electron chi connectivity index (χ4n) is 2.78. The Morgan fingerprint density at radius 3 is 2.65 bits per heavy atom. The molecule has 3 aromatic heterocycles. The summed E-state index contributed by atoms with van der Waals surface area (Å²) in [6, 6.07) is 15.0. The van der Waals surface area contributed by atoms with Crippen molar-refractivity contribution in [3.05, 3.63) is 83.0 Å². The predicted octanol–water partition coefficient (Wildman–Crippen LogP) is 2.44. The first-order valence-electron chi connectivity index (χ1n) is 9.11. The van der Waals surface area contributed by atoms with Crippen LogP contribution in [0.3, 0.4) is 0 Å². The highest BCUT2D eigenvalue weighted by atomic mass is 16.5. The van der Waals surface area contributed by atoms with Gasteiger partial charge in [0.2, 0.25) is 11.5 Å². The quantitative estimate of drug-likeness (QED) is 0.373. The molecule has 154 valence electrons. The smallest absolute Gasteiger partial charge is 0.267 e. The molecule has 6 N–H and O–H groups in total. The molecule has 0 fully saturated rings. The van der Waals surface area contributed by atoms with Crippen LogP contribution < -0.4 is 27.1 Å². The normalized spacial score (nSPS) is 10.5. The second kappa shape index (κ2) is 8.33. The van der Waals surface area contributed by atoms with Crippen molar-refractivity contribution in [2.24, 2.45) is 5.73 Å². The molecule has 10 nitrogen and oxygen atoms in total. The topological polar surface area (TPSA) is 162 Å². The molecular formula is C21H17N7O3. The number of amides is 1. The van der Waals surface area contributed by atoms with Gasteiger partial charge < -0.3 is 26.5 Å². The number of hydrogen-bond donors (Lipinski definition) is 4. The molecule has 4 aromatic rings. The number of ether oxygens (including phenoxy) is 1. The predicted molar refractivity (Wildman–Crippen MR) is 115 cm³/mol. The summed E-state index contributed by atoms with van der Waals surface area (Å²) in [6.07, 6.45) is 3.00. The molecule has 0 bridgehead atoms. The zero-order valence-corrected chi connectivity index (χ0v) is 16.1. The van der Waals surface area contributed by atoms with Crippen LogP contribution in [0, 0.1) is 0 Å². The molecule has 0 unspecified atom stereocenters. The number of aromatic amines is 1. The lowest BCUT2D eigenvalue weighted by Crippen LogP contribution is -2.12. The lowest BCUT2D eigenvalue weighted by Gasteiger charge is -2.11. The molecule has 3 heterocycles. The number of hydrogen-bond acceptors (Lipinski definition) is 8. The van der Waals surface area contributed by atoms with Crippen molar-refractivity contribution < 1.29 is 9.53 Å². The van der Waals surface area contributed by atoms with E-state index in [1.54, 1.807) is 42.6 Å². The van der Waals surface area contributed by atoms with Crippen LogP contribution >= 0.6 is 0 Å². The summed E-state index contributed by atoms with van der Waals surface area (Å²) in [6.45, 7) is 0. The largest absolute Gasteiger partial charge is 0.457 e. The molecule has 10 heteroatoms. The summed E-state index contributed by atoms with van der Waals surface area (Å²) >= 11 is 0. The summed E-state index contributed by atoms with van der Waals surface area (Å²) in [5.41, 5.74) is 12.9. The number of carbonyl (C=O) groups excluding carboxylic acids is 1. The van der Waals surface area contributed by atoms with E-state index >= 15 is 0 Å². The third-order valence-electron chi connectivity index (χ3n) is 4.15. The first-order valence-corrected chi connectivity index (χ1v) is 9.11. The fraction of sp³-hybridized carbons (Fsp3) is 0. The number of H-pyrrole nitrogens is 1. The number of nitrogens with two attached hydrogens (primary N) is 2. The van der Waals surface area contributed by atoms with Crippen molar-refractivity contribution >= 4 is 23.4 Å². The molecule has 31 heavy (non-hydrogen) atoms. The van der Waals surface area contributed by atoms with Crippen molar-refractivity contribution in [1.29, 1.82) is 0 Å². The second-order valence-electron chi connectivity index (χ2n) is 6.43. The van der Waals surface area contributed by atoms with Gasteiger partial charge >= 0.3 is 0 Å². The molecule has 0 atom stereocenters. The van der Waals surface area contributed by atoms with E-state index in [1.807, 2.05) is 6.07 Å². The maximum absolute atomic E-state index is 11.3. The average Bonchev–Trinajstić information content (AvgIpc) is 2.74. The molecule has 0 aliphatic carbocycles. The molecule has 0 aliphatic heterocycles. The van der Waals surface area contributed by atoms with Gasteiger partial charge in [0.05, 0.1) is 5.69 Å². The highest BCUT2D eigenvalue weighted by Crippen LogP contribution is 2.27. The number of nitrogens with zero attached hydrogens (tertiary/aromatic N) is 3. The zero-order chi connectivity index (χ0) is 21.8. The van der Waals surface area contributed by atoms with Gasteiger partial charge in [-0.25, -0.2) is 4.98 Å². The Morgan fingerprint density at radius 2 is 1.87 bits per heavy atom. The first kappa shape index (κ1) is 19.6. The van der Waals surface area contributed by atoms with E-state index in [0.717, 1.165) is 0 Å². The standard InChI is InChI=1S/C21H17N7O3/c22-20(30)17-9-15(6-7-24-17)31-14-3-1-2-13(8-14)26-18-10-16(27-21(23)28-18)12-4-5-19(29)25-11-12/h1-11H,(H2,22,30)(H,25,29)(H3,23,26,27,28). The van der Waals surface area contributed by atoms with E-state index in [0.29, 0.717) is 34.3 Å². The number of aromatic nitrogens is 4. The molecule has 0 spiro atoms. The fourth-order valence-corrected chi connectivity index (χ4v) is 2.78. The van der Waals surface area contributed by atoms with Crippen LogP contribution in [0.2, 0.25) is 0 Å². The van der Waals surface area contributed by atoms with E-state index in [-0.39, 0.29) is 17.2 Å². The average molecular weight is 415 g/mol. The Morgan fingerprint density at radius 1 is 1.03 bits per heavy atom. The van der Waals surface area contributed by atoms with Crippen LogP contribution in [0.4, 0.5) is 17.5 Å². The molecule has 4 rings (SSSR count). The lowest BCUT2D eigenvalue weighted by molar-refractivity contribution is 0.0995. The maximum atomic E-state index is 11.3. The zero-order valence-electron chi connectivity index (χ0n) is 16.1. The Hall–Kier alpha value is -4.73. The Kier molecular flexibility index (Phi) is 5.26. The summed E-state index contributed by atoms with van der Waals surface area (Å²) in [4.78, 5) is 37.5. The van der Waals surface area contributed by atoms with Gasteiger partial charge in [-0.05, 0) is 24.3 Å². The summed E-state index contributed by atoms with van der Waals surface area (Å²) in [5.74, 6) is 0.850. The van der Waals surface area contributed by atoms with E-state index < -0.39 is 5.91 Å². The third-order valence-corrected chi connectivity index (χ3v) is 4.15. The van der Waals surface area contributed by atoms with E-state index in [9.17, 15) is 9.59 Å². The third kappa shape index (κ3) is 4.82. The Bertz CT molecular complexity index is 1300. The van der Waals surface area contributed by atoms with Crippen LogP contribution in [0.15, 0.2) is 71.8 Å². The number of nitrogens with one attached hydrogen (secondary N) is 2.